The standard InChI is InChI=1S/C14H18F3N7O3S.C11H13ClN6.C2H6/c1-4-24-8(3)19-21-14(24)22-20-10-7-12(26-5-2)9(18)6-11(10)23-28(25,27-17)13(15)16;1-7-4-10(18(2)3)8(12)5-9(7)15-17-11-13-6-14-16-11;1-2/h6-7,13H,4-5,18H2,1-3H3;4-6H,1-3H3,(H,13,14,16);1-2H3. The van der Waals surface area contributed by atoms with Gasteiger partial charge in [0.1, 0.15) is 29.3 Å². The zero-order valence-corrected chi connectivity index (χ0v) is 29.1. The van der Waals surface area contributed by atoms with Crippen molar-refractivity contribution < 1.29 is 26.6 Å². The summed E-state index contributed by atoms with van der Waals surface area (Å²) in [6, 6.07) is 6.05. The summed E-state index contributed by atoms with van der Waals surface area (Å²) >= 11 is 6.18. The number of ether oxygens (including phenoxy) is 1. The molecule has 0 fully saturated rings. The lowest BCUT2D eigenvalue weighted by Crippen LogP contribution is -2.10. The molecular formula is C27H37ClF3N13O3S. The van der Waals surface area contributed by atoms with E-state index in [9.17, 15) is 17.5 Å². The van der Waals surface area contributed by atoms with Gasteiger partial charge in [-0.3, -0.25) is 4.57 Å². The maximum absolute atomic E-state index is 12.9. The highest BCUT2D eigenvalue weighted by molar-refractivity contribution is 7.89. The lowest BCUT2D eigenvalue weighted by molar-refractivity contribution is -0.000950. The Morgan fingerprint density at radius 2 is 1.73 bits per heavy atom. The second-order valence-electron chi connectivity index (χ2n) is 9.23. The first-order chi connectivity index (χ1) is 22.8. The summed E-state index contributed by atoms with van der Waals surface area (Å²) in [5.41, 5.74) is 7.83. The Morgan fingerprint density at radius 1 is 1.04 bits per heavy atom. The lowest BCUT2D eigenvalue weighted by Gasteiger charge is -2.15. The summed E-state index contributed by atoms with van der Waals surface area (Å²) in [6.45, 7) is 12.0. The van der Waals surface area contributed by atoms with Crippen LogP contribution in [0, 0.1) is 13.8 Å². The molecule has 0 saturated heterocycles. The number of aromatic amines is 1. The minimum atomic E-state index is -4.96. The van der Waals surface area contributed by atoms with Crippen molar-refractivity contribution in [3.05, 3.63) is 47.0 Å². The molecule has 0 bridgehead atoms. The predicted octanol–water partition coefficient (Wildman–Crippen LogP) is 8.42. The van der Waals surface area contributed by atoms with E-state index in [0.29, 0.717) is 29.0 Å². The third kappa shape index (κ3) is 10.4. The summed E-state index contributed by atoms with van der Waals surface area (Å²) < 4.78 is 63.1. The molecular weight excluding hydrogens is 679 g/mol. The molecule has 0 radical (unpaired) electrons. The van der Waals surface area contributed by atoms with Crippen LogP contribution in [0.15, 0.2) is 55.4 Å². The Labute approximate surface area is 280 Å². The van der Waals surface area contributed by atoms with E-state index >= 15 is 0 Å². The van der Waals surface area contributed by atoms with E-state index in [-0.39, 0.29) is 29.7 Å². The summed E-state index contributed by atoms with van der Waals surface area (Å²) in [7, 11) is -1.08. The number of nitrogens with zero attached hydrogens (tertiary/aromatic N) is 11. The van der Waals surface area contributed by atoms with Gasteiger partial charge in [0.25, 0.3) is 21.9 Å². The van der Waals surface area contributed by atoms with Crippen LogP contribution in [-0.2, 0) is 20.9 Å². The molecule has 16 nitrogen and oxygen atoms in total. The number of nitrogen functional groups attached to an aromatic ring is 1. The largest absolute Gasteiger partial charge is 0.492 e. The minimum Gasteiger partial charge on any atom is -0.492 e. The van der Waals surface area contributed by atoms with E-state index in [1.54, 1.807) is 24.5 Å². The molecule has 2 heterocycles. The van der Waals surface area contributed by atoms with Gasteiger partial charge in [-0.1, -0.05) is 29.8 Å². The number of aromatic nitrogens is 6. The molecule has 0 spiro atoms. The van der Waals surface area contributed by atoms with Gasteiger partial charge >= 0.3 is 5.76 Å². The number of hydrogen-bond donors (Lipinski definition) is 2. The Balaban J connectivity index is 0.000000344. The molecule has 0 aliphatic heterocycles. The van der Waals surface area contributed by atoms with Crippen LogP contribution in [0.3, 0.4) is 0 Å². The minimum absolute atomic E-state index is 0.0120. The number of halogens is 4. The van der Waals surface area contributed by atoms with Crippen molar-refractivity contribution in [3.8, 4) is 5.75 Å². The van der Waals surface area contributed by atoms with Crippen molar-refractivity contribution in [1.29, 1.82) is 0 Å². The van der Waals surface area contributed by atoms with E-state index < -0.39 is 21.5 Å². The quantitative estimate of drug-likeness (QED) is 0.113. The summed E-state index contributed by atoms with van der Waals surface area (Å²) in [5, 5.41) is 30.4. The number of nitrogens with two attached hydrogens (primary N) is 1. The van der Waals surface area contributed by atoms with Crippen molar-refractivity contribution in [2.45, 2.75) is 53.8 Å². The van der Waals surface area contributed by atoms with Crippen molar-refractivity contribution >= 4 is 61.9 Å². The summed E-state index contributed by atoms with van der Waals surface area (Å²) in [4.78, 5) is 5.81. The highest BCUT2D eigenvalue weighted by Crippen LogP contribution is 2.39. The number of rotatable bonds is 11. The number of azo groups is 2. The smallest absolute Gasteiger partial charge is 0.345 e. The van der Waals surface area contributed by atoms with Gasteiger partial charge in [0.05, 0.1) is 28.7 Å². The van der Waals surface area contributed by atoms with Crippen LogP contribution >= 0.6 is 11.6 Å². The lowest BCUT2D eigenvalue weighted by atomic mass is 10.2. The Hall–Kier alpha value is -4.69. The average Bonchev–Trinajstić information content (AvgIpc) is 3.72. The number of nitrogens with one attached hydrogen (secondary N) is 1. The monoisotopic (exact) mass is 715 g/mol. The van der Waals surface area contributed by atoms with E-state index in [2.05, 4.69) is 54.6 Å². The highest BCUT2D eigenvalue weighted by atomic mass is 35.5. The maximum atomic E-state index is 12.9. The van der Waals surface area contributed by atoms with Crippen molar-refractivity contribution in [3.63, 3.8) is 0 Å². The molecule has 1 atom stereocenters. The van der Waals surface area contributed by atoms with Gasteiger partial charge in [0, 0.05) is 26.7 Å². The molecule has 2 aromatic heterocycles. The first kappa shape index (κ1) is 39.5. The van der Waals surface area contributed by atoms with Gasteiger partial charge in [0.15, 0.2) is 0 Å². The fourth-order valence-corrected chi connectivity index (χ4v) is 4.50. The topological polar surface area (TPSA) is 199 Å². The van der Waals surface area contributed by atoms with Crippen LogP contribution in [0.2, 0.25) is 5.02 Å². The molecule has 0 aliphatic carbocycles. The van der Waals surface area contributed by atoms with E-state index in [1.165, 1.54) is 12.4 Å². The Bertz CT molecular complexity index is 1810. The second kappa shape index (κ2) is 18.6. The van der Waals surface area contributed by atoms with Gasteiger partial charge in [-0.2, -0.15) is 23.2 Å². The number of hydrogen-bond acceptors (Lipinski definition) is 14. The first-order valence-corrected chi connectivity index (χ1v) is 16.2. The predicted molar refractivity (Wildman–Crippen MR) is 177 cm³/mol. The zero-order chi connectivity index (χ0) is 36.0. The number of H-pyrrole nitrogens is 1. The molecule has 48 heavy (non-hydrogen) atoms. The Kier molecular flexibility index (Phi) is 15.3. The number of benzene rings is 2. The van der Waals surface area contributed by atoms with E-state index in [1.807, 2.05) is 52.8 Å². The molecule has 0 aliphatic rings. The molecule has 4 rings (SSSR count). The van der Waals surface area contributed by atoms with Crippen LogP contribution in [0.5, 0.6) is 5.75 Å². The van der Waals surface area contributed by atoms with Crippen LogP contribution in [-0.4, -0.2) is 60.6 Å². The van der Waals surface area contributed by atoms with Gasteiger partial charge < -0.3 is 15.4 Å². The van der Waals surface area contributed by atoms with Gasteiger partial charge in [-0.15, -0.1) is 30.7 Å². The molecule has 3 N–H and O–H groups in total. The number of alkyl halides is 2. The van der Waals surface area contributed by atoms with Crippen LogP contribution < -0.4 is 15.4 Å². The molecule has 4 aromatic rings. The number of anilines is 2. The maximum Gasteiger partial charge on any atom is 0.345 e. The van der Waals surface area contributed by atoms with E-state index in [0.717, 1.165) is 17.3 Å². The summed E-state index contributed by atoms with van der Waals surface area (Å²) in [6.07, 6.45) is 1.38. The molecule has 21 heteroatoms. The fraction of sp³-hybridized carbons (Fsp3) is 0.407. The van der Waals surface area contributed by atoms with Crippen molar-refractivity contribution in [1.82, 2.24) is 29.9 Å². The third-order valence-corrected chi connectivity index (χ3v) is 7.21. The van der Waals surface area contributed by atoms with Crippen LogP contribution in [0.4, 0.5) is 53.6 Å². The first-order valence-electron chi connectivity index (χ1n) is 14.3. The molecule has 262 valence electrons. The molecule has 0 saturated carbocycles. The molecule has 1 unspecified atom stereocenters. The van der Waals surface area contributed by atoms with Crippen LogP contribution in [0.1, 0.15) is 39.1 Å². The SMILES string of the molecule is CC.CCOc1cc(N=Nc2nnc(C)n2CC)c(N=S(=O)(OF)C(F)F)cc1N.Cc1cc(N(C)C)c(Cl)cc1N=Nc1ncn[nH]1. The Morgan fingerprint density at radius 3 is 2.29 bits per heavy atom. The number of aryl methyl sites for hydroxylation is 2. The van der Waals surface area contributed by atoms with Crippen molar-refractivity contribution in [2.75, 3.05) is 31.3 Å². The van der Waals surface area contributed by atoms with Gasteiger partial charge in [-0.25, -0.2) is 9.31 Å². The molecule has 0 amide bonds. The fourth-order valence-electron chi connectivity index (χ4n) is 3.59. The highest BCUT2D eigenvalue weighted by Gasteiger charge is 2.26. The van der Waals surface area contributed by atoms with E-state index in [4.69, 9.17) is 22.1 Å². The summed E-state index contributed by atoms with van der Waals surface area (Å²) in [5.74, 6) is -2.46. The zero-order valence-electron chi connectivity index (χ0n) is 27.5. The molecule has 2 aromatic carbocycles. The second-order valence-corrected chi connectivity index (χ2v) is 11.3. The average molecular weight is 716 g/mol. The third-order valence-electron chi connectivity index (χ3n) is 5.83. The van der Waals surface area contributed by atoms with Gasteiger partial charge in [-0.05, 0) is 56.0 Å². The van der Waals surface area contributed by atoms with Crippen molar-refractivity contribution in [2.24, 2.45) is 24.8 Å². The van der Waals surface area contributed by atoms with Crippen LogP contribution in [0.25, 0.3) is 0 Å². The van der Waals surface area contributed by atoms with Gasteiger partial charge in [0.2, 0.25) is 0 Å². The normalized spacial score (nSPS) is 12.4.